The Morgan fingerprint density at radius 2 is 1.83 bits per heavy atom. The molecule has 0 heterocycles. The third kappa shape index (κ3) is 3.23. The van der Waals surface area contributed by atoms with E-state index in [9.17, 15) is 5.11 Å². The van der Waals surface area contributed by atoms with Crippen LogP contribution in [-0.2, 0) is 6.61 Å². The molecule has 1 atom stereocenters. The van der Waals surface area contributed by atoms with E-state index in [0.717, 1.165) is 20.4 Å². The van der Waals surface area contributed by atoms with Gasteiger partial charge in [0.2, 0.25) is 0 Å². The molecule has 2 aromatic carbocycles. The van der Waals surface area contributed by atoms with Crippen LogP contribution in [0.3, 0.4) is 0 Å². The lowest BCUT2D eigenvalue weighted by atomic mass is 10.1. The lowest BCUT2D eigenvalue weighted by molar-refractivity contribution is 0.197. The number of hydrogen-bond acceptors (Lipinski definition) is 2. The van der Waals surface area contributed by atoms with E-state index in [1.165, 1.54) is 0 Å². The van der Waals surface area contributed by atoms with Crippen LogP contribution in [0.1, 0.15) is 24.2 Å². The summed E-state index contributed by atoms with van der Waals surface area (Å²) in [5.41, 5.74) is 2.04. The Labute approximate surface area is 121 Å². The lowest BCUT2D eigenvalue weighted by Gasteiger charge is -2.13. The maximum absolute atomic E-state index is 9.65. The molecule has 0 bridgehead atoms. The van der Waals surface area contributed by atoms with Crippen molar-refractivity contribution in [2.45, 2.75) is 19.6 Å². The average molecular weight is 354 g/mol. The molecule has 3 heteroatoms. The molecule has 0 spiro atoms. The van der Waals surface area contributed by atoms with Crippen molar-refractivity contribution in [3.63, 3.8) is 0 Å². The minimum atomic E-state index is -0.475. The molecule has 2 aromatic rings. The van der Waals surface area contributed by atoms with E-state index < -0.39 is 6.10 Å². The van der Waals surface area contributed by atoms with E-state index in [-0.39, 0.29) is 0 Å². The van der Waals surface area contributed by atoms with Crippen LogP contribution in [0.4, 0.5) is 0 Å². The average Bonchev–Trinajstić information content (AvgIpc) is 2.38. The topological polar surface area (TPSA) is 29.5 Å². The van der Waals surface area contributed by atoms with Crippen LogP contribution in [0.2, 0.25) is 0 Å². The number of hydrogen-bond donors (Lipinski definition) is 1. The van der Waals surface area contributed by atoms with Crippen molar-refractivity contribution in [1.29, 1.82) is 0 Å². The third-order valence-electron chi connectivity index (χ3n) is 2.68. The maximum atomic E-state index is 9.65. The summed E-state index contributed by atoms with van der Waals surface area (Å²) < 4.78 is 6.77. The normalized spacial score (nSPS) is 12.2. The molecule has 18 heavy (non-hydrogen) atoms. The molecule has 0 aliphatic carbocycles. The second-order valence-corrected chi connectivity index (χ2v) is 5.19. The molecule has 0 fully saturated rings. The molecule has 2 rings (SSSR count). The molecule has 0 amide bonds. The van der Waals surface area contributed by atoms with E-state index in [1.807, 2.05) is 48.5 Å². The van der Waals surface area contributed by atoms with Gasteiger partial charge in [-0.15, -0.1) is 0 Å². The van der Waals surface area contributed by atoms with Gasteiger partial charge in [0.15, 0.2) is 0 Å². The highest BCUT2D eigenvalue weighted by Crippen LogP contribution is 2.28. The first-order valence-electron chi connectivity index (χ1n) is 5.81. The largest absolute Gasteiger partial charge is 0.488 e. The molecule has 1 N–H and O–H groups in total. The fourth-order valence-corrected chi connectivity index (χ4v) is 2.66. The van der Waals surface area contributed by atoms with Crippen molar-refractivity contribution in [3.8, 4) is 5.75 Å². The molecular formula is C15H15IO2. The standard InChI is InChI=1S/C15H15IO2/c1-11(17)13-8-5-9-14(15(13)16)18-10-12-6-3-2-4-7-12/h2-9,11,17H,10H2,1H3. The number of aliphatic hydroxyl groups excluding tert-OH is 1. The lowest BCUT2D eigenvalue weighted by Crippen LogP contribution is -2.00. The van der Waals surface area contributed by atoms with Gasteiger partial charge in [0.05, 0.1) is 9.67 Å². The third-order valence-corrected chi connectivity index (χ3v) is 3.83. The minimum absolute atomic E-state index is 0.475. The van der Waals surface area contributed by atoms with Crippen molar-refractivity contribution in [1.82, 2.24) is 0 Å². The van der Waals surface area contributed by atoms with Crippen LogP contribution >= 0.6 is 22.6 Å². The van der Waals surface area contributed by atoms with Gasteiger partial charge in [-0.1, -0.05) is 42.5 Å². The van der Waals surface area contributed by atoms with Crippen LogP contribution in [0.5, 0.6) is 5.75 Å². The number of rotatable bonds is 4. The zero-order valence-corrected chi connectivity index (χ0v) is 12.3. The molecule has 0 aliphatic heterocycles. The summed E-state index contributed by atoms with van der Waals surface area (Å²) in [7, 11) is 0. The van der Waals surface area contributed by atoms with Crippen molar-refractivity contribution < 1.29 is 9.84 Å². The number of halogens is 1. The predicted octanol–water partition coefficient (Wildman–Crippen LogP) is 3.92. The highest BCUT2D eigenvalue weighted by molar-refractivity contribution is 14.1. The van der Waals surface area contributed by atoms with E-state index in [0.29, 0.717) is 6.61 Å². The van der Waals surface area contributed by atoms with Crippen LogP contribution in [0, 0.1) is 3.57 Å². The molecule has 2 nitrogen and oxygen atoms in total. The summed E-state index contributed by atoms with van der Waals surface area (Å²) in [6.07, 6.45) is -0.475. The van der Waals surface area contributed by atoms with E-state index in [2.05, 4.69) is 22.6 Å². The van der Waals surface area contributed by atoms with Gasteiger partial charge < -0.3 is 9.84 Å². The van der Waals surface area contributed by atoms with Gasteiger partial charge >= 0.3 is 0 Å². The molecular weight excluding hydrogens is 339 g/mol. The van der Waals surface area contributed by atoms with E-state index in [1.54, 1.807) is 6.92 Å². The minimum Gasteiger partial charge on any atom is -0.488 e. The Balaban J connectivity index is 2.13. The molecule has 94 valence electrons. The molecule has 0 saturated heterocycles. The summed E-state index contributed by atoms with van der Waals surface area (Å²) in [5.74, 6) is 0.817. The van der Waals surface area contributed by atoms with Crippen molar-refractivity contribution >= 4 is 22.6 Å². The van der Waals surface area contributed by atoms with Crippen molar-refractivity contribution in [3.05, 3.63) is 63.2 Å². The van der Waals surface area contributed by atoms with Gasteiger partial charge in [-0.2, -0.15) is 0 Å². The summed E-state index contributed by atoms with van der Waals surface area (Å²) in [6.45, 7) is 2.30. The van der Waals surface area contributed by atoms with Crippen LogP contribution < -0.4 is 4.74 Å². The Kier molecular flexibility index (Phi) is 4.60. The Bertz CT molecular complexity index is 509. The summed E-state index contributed by atoms with van der Waals surface area (Å²) in [6, 6.07) is 15.8. The SMILES string of the molecule is CC(O)c1cccc(OCc2ccccc2)c1I. The number of aliphatic hydroxyl groups is 1. The van der Waals surface area contributed by atoms with Crippen LogP contribution in [0.15, 0.2) is 48.5 Å². The second kappa shape index (κ2) is 6.20. The molecule has 0 aromatic heterocycles. The van der Waals surface area contributed by atoms with Gasteiger partial charge in [0.25, 0.3) is 0 Å². The van der Waals surface area contributed by atoms with Gasteiger partial charge in [-0.3, -0.25) is 0 Å². The molecule has 0 radical (unpaired) electrons. The highest BCUT2D eigenvalue weighted by atomic mass is 127. The van der Waals surface area contributed by atoms with Gasteiger partial charge in [0, 0.05) is 0 Å². The maximum Gasteiger partial charge on any atom is 0.133 e. The van der Waals surface area contributed by atoms with Crippen molar-refractivity contribution in [2.24, 2.45) is 0 Å². The van der Waals surface area contributed by atoms with E-state index >= 15 is 0 Å². The molecule has 0 aliphatic rings. The van der Waals surface area contributed by atoms with Crippen LogP contribution in [0.25, 0.3) is 0 Å². The predicted molar refractivity (Wildman–Crippen MR) is 80.6 cm³/mol. The zero-order valence-electron chi connectivity index (χ0n) is 10.1. The fourth-order valence-electron chi connectivity index (χ4n) is 1.70. The highest BCUT2D eigenvalue weighted by Gasteiger charge is 2.10. The first kappa shape index (κ1) is 13.4. The van der Waals surface area contributed by atoms with Crippen LogP contribution in [-0.4, -0.2) is 5.11 Å². The van der Waals surface area contributed by atoms with Crippen molar-refractivity contribution in [2.75, 3.05) is 0 Å². The number of benzene rings is 2. The van der Waals surface area contributed by atoms with Gasteiger partial charge in [-0.25, -0.2) is 0 Å². The van der Waals surface area contributed by atoms with E-state index in [4.69, 9.17) is 4.74 Å². The summed E-state index contributed by atoms with van der Waals surface area (Å²) in [4.78, 5) is 0. The number of ether oxygens (including phenoxy) is 1. The van der Waals surface area contributed by atoms with Gasteiger partial charge in [-0.05, 0) is 46.7 Å². The zero-order chi connectivity index (χ0) is 13.0. The molecule has 1 unspecified atom stereocenters. The Morgan fingerprint density at radius 1 is 1.11 bits per heavy atom. The molecule has 0 saturated carbocycles. The monoisotopic (exact) mass is 354 g/mol. The summed E-state index contributed by atoms with van der Waals surface area (Å²) >= 11 is 2.21. The second-order valence-electron chi connectivity index (χ2n) is 4.11. The first-order chi connectivity index (χ1) is 8.68. The summed E-state index contributed by atoms with van der Waals surface area (Å²) in [5, 5.41) is 9.65. The van der Waals surface area contributed by atoms with Gasteiger partial charge in [0.1, 0.15) is 12.4 Å². The Morgan fingerprint density at radius 3 is 2.50 bits per heavy atom. The first-order valence-corrected chi connectivity index (χ1v) is 6.89. The quantitative estimate of drug-likeness (QED) is 0.844. The fraction of sp³-hybridized carbons (Fsp3) is 0.200. The smallest absolute Gasteiger partial charge is 0.133 e. The Hall–Kier alpha value is -1.07.